The lowest BCUT2D eigenvalue weighted by molar-refractivity contribution is -0.519. The summed E-state index contributed by atoms with van der Waals surface area (Å²) in [5, 5.41) is 17.1. The Bertz CT molecular complexity index is 906. The van der Waals surface area contributed by atoms with Gasteiger partial charge in [-0.3, -0.25) is 14.9 Å². The van der Waals surface area contributed by atoms with E-state index in [-0.39, 0.29) is 23.6 Å². The van der Waals surface area contributed by atoms with E-state index in [1.807, 2.05) is 29.8 Å². The fraction of sp³-hybridized carbons (Fsp3) is 0.350. The molecule has 1 fully saturated rings. The van der Waals surface area contributed by atoms with E-state index in [0.717, 1.165) is 23.5 Å². The third-order valence-corrected chi connectivity index (χ3v) is 5.25. The highest BCUT2D eigenvalue weighted by Crippen LogP contribution is 2.19. The van der Waals surface area contributed by atoms with Crippen molar-refractivity contribution in [1.29, 1.82) is 5.53 Å². The summed E-state index contributed by atoms with van der Waals surface area (Å²) < 4.78 is 0. The second-order valence-corrected chi connectivity index (χ2v) is 7.87. The number of quaternary nitrogens is 1. The Morgan fingerprint density at radius 3 is 2.67 bits per heavy atom. The molecule has 1 aromatic heterocycles. The Kier molecular flexibility index (Phi) is 7.77. The minimum atomic E-state index is -0.339. The van der Waals surface area contributed by atoms with Crippen LogP contribution in [0.5, 0.6) is 0 Å². The number of nitrogens with one attached hydrogen (secondary N) is 4. The molecule has 1 aromatic carbocycles. The molecule has 1 heterocycles. The van der Waals surface area contributed by atoms with Crippen LogP contribution in [0.1, 0.15) is 35.1 Å². The molecule has 2 aromatic rings. The lowest BCUT2D eigenvalue weighted by Gasteiger charge is -2.11. The average Bonchev–Trinajstić information content (AvgIpc) is 3.40. The molecule has 1 aliphatic carbocycles. The van der Waals surface area contributed by atoms with Crippen molar-refractivity contribution in [3.63, 3.8) is 0 Å². The second-order valence-electron chi connectivity index (χ2n) is 6.89. The number of hydrogen-bond acceptors (Lipinski definition) is 7. The number of nitrogens with two attached hydrogens (primary N) is 1. The third kappa shape index (κ3) is 6.28. The summed E-state index contributed by atoms with van der Waals surface area (Å²) in [7, 11) is 0. The maximum atomic E-state index is 12.6. The number of nitrogens with zero attached hydrogens (tertiary/aromatic N) is 2. The number of rotatable bonds is 11. The van der Waals surface area contributed by atoms with Gasteiger partial charge in [0, 0.05) is 48.4 Å². The van der Waals surface area contributed by atoms with E-state index in [1.165, 1.54) is 0 Å². The number of thiazole rings is 1. The average molecular weight is 429 g/mol. The predicted molar refractivity (Wildman–Crippen MR) is 113 cm³/mol. The molecule has 10 heteroatoms. The second kappa shape index (κ2) is 10.7. The molecule has 0 atom stereocenters. The Morgan fingerprint density at radius 2 is 2.07 bits per heavy atom. The van der Waals surface area contributed by atoms with E-state index in [0.29, 0.717) is 30.9 Å². The molecule has 3 rings (SSSR count). The summed E-state index contributed by atoms with van der Waals surface area (Å²) >= 11 is 1.55. The van der Waals surface area contributed by atoms with Crippen LogP contribution in [0.4, 0.5) is 5.69 Å². The van der Waals surface area contributed by atoms with E-state index in [2.05, 4.69) is 26.0 Å². The predicted octanol–water partition coefficient (Wildman–Crippen LogP) is 1.40. The van der Waals surface area contributed by atoms with Crippen LogP contribution in [0.3, 0.4) is 0 Å². The highest BCUT2D eigenvalue weighted by atomic mass is 32.1. The molecule has 1 aliphatic rings. The summed E-state index contributed by atoms with van der Waals surface area (Å²) in [6, 6.07) is 7.27. The summed E-state index contributed by atoms with van der Waals surface area (Å²) in [6.45, 7) is 3.34. The molecule has 9 nitrogen and oxygen atoms in total. The van der Waals surface area contributed by atoms with Crippen molar-refractivity contribution < 1.29 is 14.9 Å². The number of aromatic nitrogens is 1. The third-order valence-electron chi connectivity index (χ3n) is 4.47. The van der Waals surface area contributed by atoms with Gasteiger partial charge >= 0.3 is 0 Å². The molecule has 2 amide bonds. The van der Waals surface area contributed by atoms with Crippen LogP contribution in [0.2, 0.25) is 0 Å². The number of carbonyl (C=O) groups excluding carboxylic acids is 2. The van der Waals surface area contributed by atoms with Gasteiger partial charge in [-0.25, -0.2) is 10.5 Å². The van der Waals surface area contributed by atoms with Gasteiger partial charge in [-0.1, -0.05) is 0 Å². The van der Waals surface area contributed by atoms with Gasteiger partial charge in [-0.15, -0.1) is 16.5 Å². The van der Waals surface area contributed by atoms with Gasteiger partial charge in [-0.05, 0) is 31.9 Å². The van der Waals surface area contributed by atoms with Crippen LogP contribution in [0, 0.1) is 5.53 Å². The SMILES string of the molecule is CCNC(=O)c1ccc([NH2+]/C(CNCc2nccs2)=C(\N=N)C(=O)NC2CC2)cc1. The fourth-order valence-corrected chi connectivity index (χ4v) is 3.38. The largest absolute Gasteiger partial charge is 0.352 e. The van der Waals surface area contributed by atoms with Crippen LogP contribution in [-0.4, -0.2) is 35.9 Å². The lowest BCUT2D eigenvalue weighted by atomic mass is 10.2. The van der Waals surface area contributed by atoms with E-state index in [9.17, 15) is 9.59 Å². The quantitative estimate of drug-likeness (QED) is 0.210. The van der Waals surface area contributed by atoms with Crippen LogP contribution in [0.25, 0.3) is 0 Å². The first-order chi connectivity index (χ1) is 14.6. The number of carbonyl (C=O) groups is 2. The molecular formula is C20H26N7O2S+. The molecule has 0 unspecified atom stereocenters. The van der Waals surface area contributed by atoms with Crippen molar-refractivity contribution in [2.24, 2.45) is 5.11 Å². The first-order valence-electron chi connectivity index (χ1n) is 9.84. The van der Waals surface area contributed by atoms with Crippen molar-refractivity contribution >= 4 is 28.8 Å². The molecule has 6 N–H and O–H groups in total. The molecule has 0 spiro atoms. The number of hydrogen-bond donors (Lipinski definition) is 5. The zero-order valence-corrected chi connectivity index (χ0v) is 17.6. The number of benzene rings is 1. The standard InChI is InChI=1S/C20H25N7O2S/c1-2-23-19(28)13-3-5-14(6-4-13)25-16(11-22-12-17-24-9-10-30-17)18(27-21)20(29)26-15-7-8-15/h3-6,9-10,15,21-22,25H,2,7-8,11-12H2,1H3,(H,23,28)(H,26,29)/p+1/b18-16-,27-21?. The first-order valence-corrected chi connectivity index (χ1v) is 10.7. The molecule has 0 bridgehead atoms. The van der Waals surface area contributed by atoms with Crippen LogP contribution in [-0.2, 0) is 11.3 Å². The van der Waals surface area contributed by atoms with Gasteiger partial charge in [0.15, 0.2) is 5.70 Å². The van der Waals surface area contributed by atoms with Crippen LogP contribution >= 0.6 is 11.3 Å². The van der Waals surface area contributed by atoms with Crippen LogP contribution in [0.15, 0.2) is 52.4 Å². The molecule has 1 saturated carbocycles. The summed E-state index contributed by atoms with van der Waals surface area (Å²) in [6.07, 6.45) is 3.66. The van der Waals surface area contributed by atoms with E-state index in [1.54, 1.807) is 29.7 Å². The Balaban J connectivity index is 1.75. The van der Waals surface area contributed by atoms with Gasteiger partial charge in [-0.2, -0.15) is 0 Å². The lowest BCUT2D eigenvalue weighted by Crippen LogP contribution is -2.78. The fourth-order valence-electron chi connectivity index (χ4n) is 2.79. The maximum absolute atomic E-state index is 12.6. The smallest absolute Gasteiger partial charge is 0.277 e. The Morgan fingerprint density at radius 1 is 1.30 bits per heavy atom. The maximum Gasteiger partial charge on any atom is 0.277 e. The zero-order chi connectivity index (χ0) is 21.3. The zero-order valence-electron chi connectivity index (χ0n) is 16.8. The monoisotopic (exact) mass is 428 g/mol. The normalized spacial score (nSPS) is 14.0. The van der Waals surface area contributed by atoms with E-state index >= 15 is 0 Å². The van der Waals surface area contributed by atoms with Crippen molar-refractivity contribution in [3.05, 3.63) is 57.8 Å². The summed E-state index contributed by atoms with van der Waals surface area (Å²) in [5.41, 5.74) is 9.63. The van der Waals surface area contributed by atoms with Gasteiger partial charge < -0.3 is 16.0 Å². The summed E-state index contributed by atoms with van der Waals surface area (Å²) in [5.74, 6) is -0.468. The minimum Gasteiger partial charge on any atom is -0.352 e. The van der Waals surface area contributed by atoms with Gasteiger partial charge in [0.05, 0.1) is 6.54 Å². The van der Waals surface area contributed by atoms with Gasteiger partial charge in [0.1, 0.15) is 10.7 Å². The highest BCUT2D eigenvalue weighted by Gasteiger charge is 2.27. The van der Waals surface area contributed by atoms with Gasteiger partial charge in [0.2, 0.25) is 5.70 Å². The molecule has 30 heavy (non-hydrogen) atoms. The molecule has 158 valence electrons. The number of amides is 2. The van der Waals surface area contributed by atoms with Crippen molar-refractivity contribution in [1.82, 2.24) is 20.9 Å². The summed E-state index contributed by atoms with van der Waals surface area (Å²) in [4.78, 5) is 28.8. The van der Waals surface area contributed by atoms with E-state index in [4.69, 9.17) is 5.53 Å². The molecule has 0 radical (unpaired) electrons. The van der Waals surface area contributed by atoms with Crippen molar-refractivity contribution in [2.45, 2.75) is 32.4 Å². The van der Waals surface area contributed by atoms with Crippen molar-refractivity contribution in [3.8, 4) is 0 Å². The van der Waals surface area contributed by atoms with E-state index < -0.39 is 0 Å². The molecule has 0 aliphatic heterocycles. The Labute approximate surface area is 178 Å². The topological polar surface area (TPSA) is 136 Å². The molecular weight excluding hydrogens is 402 g/mol. The molecule has 0 saturated heterocycles. The highest BCUT2D eigenvalue weighted by molar-refractivity contribution is 7.09. The minimum absolute atomic E-state index is 0.0846. The van der Waals surface area contributed by atoms with Gasteiger partial charge in [0.25, 0.3) is 11.8 Å². The van der Waals surface area contributed by atoms with Crippen molar-refractivity contribution in [2.75, 3.05) is 13.1 Å². The first kappa shape index (κ1) is 21.8. The van der Waals surface area contributed by atoms with Crippen LogP contribution < -0.4 is 21.3 Å². The Hall–Kier alpha value is -2.95.